The van der Waals surface area contributed by atoms with Gasteiger partial charge in [0, 0.05) is 19.1 Å². The van der Waals surface area contributed by atoms with E-state index in [9.17, 15) is 19.5 Å². The van der Waals surface area contributed by atoms with Crippen LogP contribution >= 0.6 is 0 Å². The summed E-state index contributed by atoms with van der Waals surface area (Å²) in [6.07, 6.45) is -1.07. The Kier molecular flexibility index (Phi) is 5.01. The molecule has 1 atom stereocenters. The quantitative estimate of drug-likeness (QED) is 0.360. The minimum atomic E-state index is -1.10. The number of hydrogen-bond acceptors (Lipinski definition) is 6. The number of rotatable bonds is 6. The molecule has 1 unspecified atom stereocenters. The monoisotopic (exact) mass is 261 g/mol. The normalized spacial score (nSPS) is 12.9. The average Bonchev–Trinajstić information content (AvgIpc) is 2.30. The lowest BCUT2D eigenvalue weighted by Crippen LogP contribution is -2.45. The van der Waals surface area contributed by atoms with Gasteiger partial charge in [0.1, 0.15) is 0 Å². The first-order valence-corrected chi connectivity index (χ1v) is 5.31. The van der Waals surface area contributed by atoms with Gasteiger partial charge in [0.15, 0.2) is 0 Å². The number of H-pyrrole nitrogens is 2. The Balaban J connectivity index is 2.83. The second kappa shape index (κ2) is 6.28. The molecule has 0 aliphatic heterocycles. The van der Waals surface area contributed by atoms with Crippen LogP contribution in [-0.2, 0) is 6.54 Å². The Morgan fingerprint density at radius 1 is 1.06 bits per heavy atom. The minimum Gasteiger partial charge on any atom is -0.396 e. The lowest BCUT2D eigenvalue weighted by molar-refractivity contribution is 0.0724. The van der Waals surface area contributed by atoms with E-state index in [2.05, 4.69) is 0 Å². The summed E-state index contributed by atoms with van der Waals surface area (Å²) in [5, 5.41) is 27.3. The van der Waals surface area contributed by atoms with E-state index < -0.39 is 29.1 Å². The van der Waals surface area contributed by atoms with Crippen LogP contribution in [0.4, 0.5) is 0 Å². The zero-order valence-electron chi connectivity index (χ0n) is 9.50. The van der Waals surface area contributed by atoms with Crippen LogP contribution in [-0.4, -0.2) is 49.2 Å². The van der Waals surface area contributed by atoms with Gasteiger partial charge >= 0.3 is 17.1 Å². The number of hydrogen-bond donors (Lipinski definition) is 5. The fraction of sp³-hybridized carbons (Fsp3) is 0.667. The predicted octanol–water partition coefficient (Wildman–Crippen LogP) is -3.42. The molecule has 0 radical (unpaired) electrons. The maximum Gasteiger partial charge on any atom is 0.333 e. The second-order valence-electron chi connectivity index (χ2n) is 3.92. The lowest BCUT2D eigenvalue weighted by atomic mass is 10.0. The molecule has 0 fully saturated rings. The summed E-state index contributed by atoms with van der Waals surface area (Å²) in [5.74, 6) is -0.530. The molecule has 0 saturated carbocycles. The molecular formula is C9H15N3O6. The van der Waals surface area contributed by atoms with Gasteiger partial charge in [0.2, 0.25) is 0 Å². The van der Waals surface area contributed by atoms with Crippen molar-refractivity contribution in [1.82, 2.24) is 14.5 Å². The third-order valence-corrected chi connectivity index (χ3v) is 2.45. The van der Waals surface area contributed by atoms with Gasteiger partial charge in [-0.15, -0.1) is 0 Å². The summed E-state index contributed by atoms with van der Waals surface area (Å²) in [6.45, 7) is -0.962. The van der Waals surface area contributed by atoms with Gasteiger partial charge in [-0.3, -0.25) is 9.97 Å². The summed E-state index contributed by atoms with van der Waals surface area (Å²) in [6, 6.07) is 0. The first-order chi connectivity index (χ1) is 8.47. The first-order valence-electron chi connectivity index (χ1n) is 5.31. The molecule has 0 bridgehead atoms. The summed E-state index contributed by atoms with van der Waals surface area (Å²) in [7, 11) is 0. The van der Waals surface area contributed by atoms with Gasteiger partial charge < -0.3 is 15.3 Å². The Morgan fingerprint density at radius 2 is 1.56 bits per heavy atom. The number of aromatic amines is 2. The SMILES string of the molecule is O=c1[nH]c(=O)n(CC(O)CC(CO)CO)c(=O)[nH]1. The molecule has 102 valence electrons. The van der Waals surface area contributed by atoms with E-state index in [1.165, 1.54) is 0 Å². The summed E-state index contributed by atoms with van der Waals surface area (Å²) >= 11 is 0. The molecule has 0 amide bonds. The molecular weight excluding hydrogens is 246 g/mol. The van der Waals surface area contributed by atoms with Crippen LogP contribution in [0.15, 0.2) is 14.4 Å². The molecule has 9 nitrogen and oxygen atoms in total. The topological polar surface area (TPSA) is 148 Å². The average molecular weight is 261 g/mol. The Hall–Kier alpha value is -1.71. The zero-order chi connectivity index (χ0) is 13.7. The van der Waals surface area contributed by atoms with Crippen LogP contribution in [0.3, 0.4) is 0 Å². The van der Waals surface area contributed by atoms with Crippen LogP contribution in [0.5, 0.6) is 0 Å². The van der Waals surface area contributed by atoms with E-state index in [0.29, 0.717) is 4.57 Å². The number of aliphatic hydroxyl groups excluding tert-OH is 3. The Bertz CT molecular complexity index is 506. The van der Waals surface area contributed by atoms with Crippen LogP contribution in [0.1, 0.15) is 6.42 Å². The van der Waals surface area contributed by atoms with Crippen molar-refractivity contribution >= 4 is 0 Å². The molecule has 1 aromatic heterocycles. The molecule has 0 aliphatic rings. The minimum absolute atomic E-state index is 0.0258. The molecule has 1 heterocycles. The number of aliphatic hydroxyl groups is 3. The van der Waals surface area contributed by atoms with Crippen LogP contribution in [0, 0.1) is 5.92 Å². The van der Waals surface area contributed by atoms with E-state index in [1.54, 1.807) is 0 Å². The van der Waals surface area contributed by atoms with E-state index in [4.69, 9.17) is 10.2 Å². The molecule has 9 heteroatoms. The fourth-order valence-corrected chi connectivity index (χ4v) is 1.50. The van der Waals surface area contributed by atoms with Crippen LogP contribution < -0.4 is 17.1 Å². The van der Waals surface area contributed by atoms with E-state index in [1.807, 2.05) is 9.97 Å². The molecule has 1 rings (SSSR count). The standard InChI is InChI=1S/C9H15N3O6/c13-3-5(4-14)1-6(15)2-12-8(17)10-7(16)11-9(12)18/h5-6,13-15H,1-4H2,(H2,10,11,16,17,18). The third kappa shape index (κ3) is 3.65. The molecule has 0 saturated heterocycles. The van der Waals surface area contributed by atoms with Crippen molar-refractivity contribution < 1.29 is 15.3 Å². The smallest absolute Gasteiger partial charge is 0.333 e. The van der Waals surface area contributed by atoms with Crippen molar-refractivity contribution in [3.8, 4) is 0 Å². The van der Waals surface area contributed by atoms with Gasteiger partial charge in [-0.1, -0.05) is 0 Å². The van der Waals surface area contributed by atoms with Crippen molar-refractivity contribution in [3.63, 3.8) is 0 Å². The maximum absolute atomic E-state index is 11.3. The van der Waals surface area contributed by atoms with Gasteiger partial charge in [-0.05, 0) is 6.42 Å². The third-order valence-electron chi connectivity index (χ3n) is 2.45. The van der Waals surface area contributed by atoms with Crippen LogP contribution in [0.25, 0.3) is 0 Å². The second-order valence-corrected chi connectivity index (χ2v) is 3.92. The van der Waals surface area contributed by atoms with E-state index in [0.717, 1.165) is 0 Å². The highest BCUT2D eigenvalue weighted by atomic mass is 16.3. The highest BCUT2D eigenvalue weighted by Gasteiger charge is 2.15. The van der Waals surface area contributed by atoms with Crippen molar-refractivity contribution in [3.05, 3.63) is 31.5 Å². The van der Waals surface area contributed by atoms with E-state index in [-0.39, 0.29) is 26.2 Å². The molecule has 1 aromatic rings. The number of aromatic nitrogens is 3. The van der Waals surface area contributed by atoms with Crippen LogP contribution in [0.2, 0.25) is 0 Å². The maximum atomic E-state index is 11.3. The van der Waals surface area contributed by atoms with Crippen molar-refractivity contribution in [1.29, 1.82) is 0 Å². The number of nitrogens with zero attached hydrogens (tertiary/aromatic N) is 1. The summed E-state index contributed by atoms with van der Waals surface area (Å²) in [4.78, 5) is 37.1. The van der Waals surface area contributed by atoms with Crippen molar-refractivity contribution in [2.75, 3.05) is 13.2 Å². The summed E-state index contributed by atoms with van der Waals surface area (Å²) < 4.78 is 0.637. The molecule has 0 aromatic carbocycles. The summed E-state index contributed by atoms with van der Waals surface area (Å²) in [5.41, 5.74) is -2.76. The zero-order valence-corrected chi connectivity index (χ0v) is 9.50. The molecule has 5 N–H and O–H groups in total. The lowest BCUT2D eigenvalue weighted by Gasteiger charge is -2.16. The molecule has 0 spiro atoms. The largest absolute Gasteiger partial charge is 0.396 e. The Morgan fingerprint density at radius 3 is 2.00 bits per heavy atom. The highest BCUT2D eigenvalue weighted by molar-refractivity contribution is 4.72. The van der Waals surface area contributed by atoms with Crippen molar-refractivity contribution in [2.24, 2.45) is 5.92 Å². The van der Waals surface area contributed by atoms with Gasteiger partial charge in [0.05, 0.1) is 12.6 Å². The Labute approximate surface area is 100 Å². The van der Waals surface area contributed by atoms with Crippen molar-refractivity contribution in [2.45, 2.75) is 19.1 Å². The van der Waals surface area contributed by atoms with Gasteiger partial charge in [-0.2, -0.15) is 0 Å². The fourth-order valence-electron chi connectivity index (χ4n) is 1.50. The first kappa shape index (κ1) is 14.4. The van der Waals surface area contributed by atoms with Gasteiger partial charge in [-0.25, -0.2) is 19.0 Å². The van der Waals surface area contributed by atoms with E-state index >= 15 is 0 Å². The number of nitrogens with one attached hydrogen (secondary N) is 2. The van der Waals surface area contributed by atoms with Gasteiger partial charge in [0.25, 0.3) is 0 Å². The molecule has 0 aliphatic carbocycles. The predicted molar refractivity (Wildman–Crippen MR) is 60.2 cm³/mol. The highest BCUT2D eigenvalue weighted by Crippen LogP contribution is 2.05. The molecule has 18 heavy (non-hydrogen) atoms.